The van der Waals surface area contributed by atoms with Gasteiger partial charge in [-0.3, -0.25) is 24.1 Å². The Morgan fingerprint density at radius 1 is 1.00 bits per heavy atom. The van der Waals surface area contributed by atoms with Gasteiger partial charge in [0.2, 0.25) is 0 Å². The Kier molecular flexibility index (Phi) is 5.57. The Hall–Kier alpha value is -2.75. The fraction of sp³-hybridized carbons (Fsp3) is 0.231. The van der Waals surface area contributed by atoms with Crippen LogP contribution in [0.3, 0.4) is 0 Å². The third kappa shape index (κ3) is 3.72. The molecule has 0 fully saturated rings. The molecule has 1 aromatic carbocycles. The van der Waals surface area contributed by atoms with Crippen LogP contribution in [0.2, 0.25) is 0 Å². The first kappa shape index (κ1) is 18.3. The van der Waals surface area contributed by atoms with Crippen LogP contribution in [0.15, 0.2) is 24.3 Å². The first-order valence-electron chi connectivity index (χ1n) is 6.43. The number of hydrogen-bond acceptors (Lipinski definition) is 6. The number of rotatable bonds is 2. The van der Waals surface area contributed by atoms with Gasteiger partial charge in [0, 0.05) is 6.54 Å². The maximum Gasteiger partial charge on any atom is 0.343 e. The van der Waals surface area contributed by atoms with Crippen molar-refractivity contribution in [1.82, 2.24) is 4.90 Å². The summed E-state index contributed by atoms with van der Waals surface area (Å²) >= 11 is 0. The highest BCUT2D eigenvalue weighted by Gasteiger charge is 2.34. The molecule has 4 amide bonds. The molecule has 0 radical (unpaired) electrons. The maximum absolute atomic E-state index is 11.7. The van der Waals surface area contributed by atoms with E-state index in [1.54, 1.807) is 24.3 Å². The molecular weight excluding hydrogens is 326 g/mol. The molecule has 23 heavy (non-hydrogen) atoms. The van der Waals surface area contributed by atoms with Crippen LogP contribution in [0.25, 0.3) is 0 Å². The fourth-order valence-electron chi connectivity index (χ4n) is 1.76. The number of nitrogens with two attached hydrogens (primary N) is 2. The van der Waals surface area contributed by atoms with Crippen LogP contribution in [0.1, 0.15) is 34.1 Å². The smallest absolute Gasteiger partial charge is 0.343 e. The van der Waals surface area contributed by atoms with E-state index in [1.165, 1.54) is 4.90 Å². The minimum absolute atomic E-state index is 0.160. The zero-order valence-corrected chi connectivity index (χ0v) is 13.0. The summed E-state index contributed by atoms with van der Waals surface area (Å²) in [5, 5.41) is -3.45. The van der Waals surface area contributed by atoms with E-state index in [-0.39, 0.29) is 11.8 Å². The second kappa shape index (κ2) is 7.01. The van der Waals surface area contributed by atoms with E-state index >= 15 is 0 Å². The normalized spacial score (nSPS) is 13.2. The third-order valence-corrected chi connectivity index (χ3v) is 3.91. The highest BCUT2D eigenvalue weighted by Crippen LogP contribution is 2.22. The second-order valence-electron chi connectivity index (χ2n) is 4.45. The Balaban J connectivity index is 0.000000257. The zero-order valence-electron chi connectivity index (χ0n) is 12.2. The van der Waals surface area contributed by atoms with E-state index in [0.29, 0.717) is 17.7 Å². The molecule has 10 heteroatoms. The van der Waals surface area contributed by atoms with Gasteiger partial charge in [-0.05, 0) is 18.6 Å². The zero-order chi connectivity index (χ0) is 17.8. The molecule has 1 aliphatic heterocycles. The first-order valence-corrected chi connectivity index (χ1v) is 7.92. The lowest BCUT2D eigenvalue weighted by Crippen LogP contribution is -2.32. The summed E-state index contributed by atoms with van der Waals surface area (Å²) in [6, 6.07) is 6.95. The van der Waals surface area contributed by atoms with Gasteiger partial charge < -0.3 is 11.5 Å². The lowest BCUT2D eigenvalue weighted by molar-refractivity contribution is 0.0654. The maximum atomic E-state index is 11.7. The molecular formula is C13H15N3O6S. The van der Waals surface area contributed by atoms with Gasteiger partial charge in [-0.25, -0.2) is 8.42 Å². The molecule has 0 spiro atoms. The van der Waals surface area contributed by atoms with E-state index in [1.807, 2.05) is 6.92 Å². The number of carbonyl (C=O) groups excluding carboxylic acids is 4. The molecule has 0 saturated carbocycles. The van der Waals surface area contributed by atoms with Crippen molar-refractivity contribution < 1.29 is 27.6 Å². The summed E-state index contributed by atoms with van der Waals surface area (Å²) in [7, 11) is -4.54. The van der Waals surface area contributed by atoms with Crippen molar-refractivity contribution in [3.8, 4) is 0 Å². The van der Waals surface area contributed by atoms with Gasteiger partial charge in [0.25, 0.3) is 11.8 Å². The van der Waals surface area contributed by atoms with Crippen molar-refractivity contribution in [2.75, 3.05) is 6.54 Å². The van der Waals surface area contributed by atoms with Crippen LogP contribution in [-0.2, 0) is 9.84 Å². The van der Waals surface area contributed by atoms with Crippen molar-refractivity contribution in [1.29, 1.82) is 0 Å². The van der Waals surface area contributed by atoms with Gasteiger partial charge in [0.1, 0.15) is 0 Å². The predicted molar refractivity (Wildman–Crippen MR) is 80.2 cm³/mol. The van der Waals surface area contributed by atoms with Crippen LogP contribution in [0.4, 0.5) is 9.59 Å². The largest absolute Gasteiger partial charge is 0.356 e. The highest BCUT2D eigenvalue weighted by atomic mass is 32.2. The quantitative estimate of drug-likeness (QED) is 0.734. The molecule has 0 unspecified atom stereocenters. The molecule has 1 aromatic rings. The molecule has 0 aliphatic carbocycles. The number of benzene rings is 1. The molecule has 0 atom stereocenters. The van der Waals surface area contributed by atoms with E-state index in [4.69, 9.17) is 0 Å². The lowest BCUT2D eigenvalue weighted by atomic mass is 10.1. The van der Waals surface area contributed by atoms with Gasteiger partial charge in [-0.15, -0.1) is 0 Å². The number of fused-ring (bicyclic) bond motifs is 1. The summed E-state index contributed by atoms with van der Waals surface area (Å²) in [5.41, 5.74) is 9.55. The number of amides is 4. The van der Waals surface area contributed by atoms with Gasteiger partial charge in [-0.2, -0.15) is 0 Å². The van der Waals surface area contributed by atoms with Gasteiger partial charge in [-0.1, -0.05) is 19.1 Å². The molecule has 4 N–H and O–H groups in total. The number of hydrogen-bond donors (Lipinski definition) is 2. The number of carbonyl (C=O) groups is 4. The molecule has 0 bridgehead atoms. The van der Waals surface area contributed by atoms with Crippen molar-refractivity contribution in [3.63, 3.8) is 0 Å². The van der Waals surface area contributed by atoms with Crippen molar-refractivity contribution in [2.45, 2.75) is 13.3 Å². The SMILES string of the molecule is CCCN1C(=O)c2ccccc2C1=O.NC(=O)S(=O)(=O)C(N)=O. The molecule has 2 rings (SSSR count). The third-order valence-electron chi connectivity index (χ3n) is 2.86. The molecule has 124 valence electrons. The van der Waals surface area contributed by atoms with Crippen LogP contribution >= 0.6 is 0 Å². The summed E-state index contributed by atoms with van der Waals surface area (Å²) in [5.74, 6) is -0.320. The number of sulfone groups is 1. The van der Waals surface area contributed by atoms with Crippen molar-refractivity contribution in [2.24, 2.45) is 11.5 Å². The first-order chi connectivity index (χ1) is 10.6. The summed E-state index contributed by atoms with van der Waals surface area (Å²) in [6.07, 6.45) is 0.797. The van der Waals surface area contributed by atoms with Gasteiger partial charge in [0.05, 0.1) is 11.1 Å². The van der Waals surface area contributed by atoms with Gasteiger partial charge in [0.15, 0.2) is 0 Å². The summed E-state index contributed by atoms with van der Waals surface area (Å²) in [6.45, 7) is 2.45. The molecule has 0 saturated heterocycles. The van der Waals surface area contributed by atoms with Crippen LogP contribution in [0.5, 0.6) is 0 Å². The van der Waals surface area contributed by atoms with E-state index in [2.05, 4.69) is 11.5 Å². The van der Waals surface area contributed by atoms with Crippen molar-refractivity contribution in [3.05, 3.63) is 35.4 Å². The predicted octanol–water partition coefficient (Wildman–Crippen LogP) is 0.251. The number of primary amides is 2. The van der Waals surface area contributed by atoms with E-state index in [9.17, 15) is 27.6 Å². The molecule has 1 heterocycles. The monoisotopic (exact) mass is 341 g/mol. The topological polar surface area (TPSA) is 158 Å². The summed E-state index contributed by atoms with van der Waals surface area (Å²) in [4.78, 5) is 44.3. The number of nitrogens with zero attached hydrogens (tertiary/aromatic N) is 1. The average molecular weight is 341 g/mol. The number of imide groups is 1. The molecule has 1 aliphatic rings. The van der Waals surface area contributed by atoms with Crippen LogP contribution in [-0.4, -0.2) is 42.2 Å². The van der Waals surface area contributed by atoms with Crippen LogP contribution in [0, 0.1) is 0 Å². The lowest BCUT2D eigenvalue weighted by Gasteiger charge is -2.11. The Bertz CT molecular complexity index is 717. The molecule has 0 aromatic heterocycles. The standard InChI is InChI=1S/C11H11NO2.C2H4N2O4S/c1-2-7-12-10(13)8-5-3-4-6-9(8)11(12)14;3-1(5)9(7,8)2(4)6/h3-6H,2,7H2,1H3;(H2,3,5)(H2,4,6). The summed E-state index contributed by atoms with van der Waals surface area (Å²) < 4.78 is 20.2. The Morgan fingerprint density at radius 2 is 1.39 bits per heavy atom. The molecule has 9 nitrogen and oxygen atoms in total. The highest BCUT2D eigenvalue weighted by molar-refractivity contribution is 8.18. The van der Waals surface area contributed by atoms with E-state index < -0.39 is 20.3 Å². The van der Waals surface area contributed by atoms with Crippen molar-refractivity contribution >= 4 is 32.1 Å². The fourth-order valence-corrected chi connectivity index (χ4v) is 1.96. The van der Waals surface area contributed by atoms with E-state index in [0.717, 1.165) is 6.42 Å². The minimum atomic E-state index is -4.54. The average Bonchev–Trinajstić information content (AvgIpc) is 2.73. The minimum Gasteiger partial charge on any atom is -0.356 e. The second-order valence-corrected chi connectivity index (χ2v) is 6.26. The Labute approximate surface area is 132 Å². The van der Waals surface area contributed by atoms with Gasteiger partial charge >= 0.3 is 20.3 Å². The Morgan fingerprint density at radius 3 is 1.65 bits per heavy atom. The van der Waals surface area contributed by atoms with Crippen LogP contribution < -0.4 is 11.5 Å².